The molecule has 1 aliphatic heterocycles. The quantitative estimate of drug-likeness (QED) is 0.878. The Hall–Kier alpha value is -1.06. The van der Waals surface area contributed by atoms with Gasteiger partial charge in [-0.25, -0.2) is 0 Å². The zero-order valence-electron chi connectivity index (χ0n) is 12.7. The summed E-state index contributed by atoms with van der Waals surface area (Å²) < 4.78 is 0. The minimum atomic E-state index is 0.389. The second-order valence-electron chi connectivity index (χ2n) is 5.73. The van der Waals surface area contributed by atoms with E-state index in [2.05, 4.69) is 60.4 Å². The Balaban J connectivity index is 2.12. The lowest BCUT2D eigenvalue weighted by molar-refractivity contribution is 0.314. The van der Waals surface area contributed by atoms with E-state index in [9.17, 15) is 0 Å². The Kier molecular flexibility index (Phi) is 4.83. The molecule has 1 fully saturated rings. The molecule has 1 aromatic carbocycles. The largest absolute Gasteiger partial charge is 0.373 e. The highest BCUT2D eigenvalue weighted by Gasteiger charge is 2.23. The normalized spacial score (nSPS) is 21.6. The zero-order chi connectivity index (χ0) is 13.8. The Bertz CT molecular complexity index is 405. The van der Waals surface area contributed by atoms with E-state index in [0.29, 0.717) is 12.1 Å². The van der Waals surface area contributed by atoms with E-state index >= 15 is 0 Å². The van der Waals surface area contributed by atoms with E-state index in [0.717, 1.165) is 6.54 Å². The molecule has 2 unspecified atom stereocenters. The Labute approximate surface area is 117 Å². The standard InChI is InChI=1S/C16H27N3/c1-13(17-2)15-9-5-6-10-16(15)19(4)12-14-8-7-11-18(14)3/h5-6,9-10,13-14,17H,7-8,11-12H2,1-4H3. The van der Waals surface area contributed by atoms with E-state index in [4.69, 9.17) is 0 Å². The smallest absolute Gasteiger partial charge is 0.0412 e. The molecule has 0 aliphatic carbocycles. The number of likely N-dealkylation sites (N-methyl/N-ethyl adjacent to an activating group) is 2. The summed E-state index contributed by atoms with van der Waals surface area (Å²) >= 11 is 0. The summed E-state index contributed by atoms with van der Waals surface area (Å²) in [5.41, 5.74) is 2.73. The third-order valence-electron chi connectivity index (χ3n) is 4.40. The van der Waals surface area contributed by atoms with E-state index < -0.39 is 0 Å². The molecule has 0 aromatic heterocycles. The summed E-state index contributed by atoms with van der Waals surface area (Å²) in [7, 11) is 6.48. The van der Waals surface area contributed by atoms with Gasteiger partial charge in [-0.15, -0.1) is 0 Å². The van der Waals surface area contributed by atoms with Crippen LogP contribution in [0.4, 0.5) is 5.69 Å². The maximum absolute atomic E-state index is 3.34. The molecule has 0 saturated carbocycles. The molecule has 0 amide bonds. The van der Waals surface area contributed by atoms with Crippen molar-refractivity contribution in [3.05, 3.63) is 29.8 Å². The monoisotopic (exact) mass is 261 g/mol. The van der Waals surface area contributed by atoms with Gasteiger partial charge in [0.1, 0.15) is 0 Å². The van der Waals surface area contributed by atoms with Crippen molar-refractivity contribution in [1.29, 1.82) is 0 Å². The van der Waals surface area contributed by atoms with Crippen molar-refractivity contribution in [1.82, 2.24) is 10.2 Å². The topological polar surface area (TPSA) is 18.5 Å². The number of nitrogens with zero attached hydrogens (tertiary/aromatic N) is 2. The molecule has 3 heteroatoms. The van der Waals surface area contributed by atoms with Gasteiger partial charge in [-0.05, 0) is 52.0 Å². The van der Waals surface area contributed by atoms with Crippen LogP contribution in [-0.2, 0) is 0 Å². The first-order valence-corrected chi connectivity index (χ1v) is 7.31. The van der Waals surface area contributed by atoms with Crippen molar-refractivity contribution in [3.8, 4) is 0 Å². The molecule has 1 saturated heterocycles. The third kappa shape index (κ3) is 3.28. The van der Waals surface area contributed by atoms with E-state index in [-0.39, 0.29) is 0 Å². The van der Waals surface area contributed by atoms with Crippen LogP contribution >= 0.6 is 0 Å². The van der Waals surface area contributed by atoms with Gasteiger partial charge in [0.25, 0.3) is 0 Å². The zero-order valence-corrected chi connectivity index (χ0v) is 12.7. The first kappa shape index (κ1) is 14.4. The van der Waals surface area contributed by atoms with Gasteiger partial charge in [0, 0.05) is 31.4 Å². The number of hydrogen-bond acceptors (Lipinski definition) is 3. The van der Waals surface area contributed by atoms with Crippen LogP contribution in [0.3, 0.4) is 0 Å². The SMILES string of the molecule is CNC(C)c1ccccc1N(C)CC1CCCN1C. The Morgan fingerprint density at radius 3 is 2.79 bits per heavy atom. The average Bonchev–Trinajstić information content (AvgIpc) is 2.83. The summed E-state index contributed by atoms with van der Waals surface area (Å²) in [5, 5.41) is 3.34. The number of hydrogen-bond donors (Lipinski definition) is 1. The fourth-order valence-electron chi connectivity index (χ4n) is 2.98. The number of rotatable bonds is 5. The molecule has 2 rings (SSSR count). The lowest BCUT2D eigenvalue weighted by Gasteiger charge is -2.30. The second-order valence-corrected chi connectivity index (χ2v) is 5.73. The molecule has 106 valence electrons. The van der Waals surface area contributed by atoms with Crippen molar-refractivity contribution in [2.45, 2.75) is 31.8 Å². The van der Waals surface area contributed by atoms with Crippen molar-refractivity contribution in [2.24, 2.45) is 0 Å². The molecule has 19 heavy (non-hydrogen) atoms. The van der Waals surface area contributed by atoms with Crippen molar-refractivity contribution in [3.63, 3.8) is 0 Å². The minimum Gasteiger partial charge on any atom is -0.373 e. The van der Waals surface area contributed by atoms with Crippen LogP contribution in [0.25, 0.3) is 0 Å². The van der Waals surface area contributed by atoms with Gasteiger partial charge in [-0.3, -0.25) is 0 Å². The van der Waals surface area contributed by atoms with Gasteiger partial charge in [0.2, 0.25) is 0 Å². The fraction of sp³-hybridized carbons (Fsp3) is 0.625. The van der Waals surface area contributed by atoms with Crippen LogP contribution in [0.2, 0.25) is 0 Å². The van der Waals surface area contributed by atoms with Crippen molar-refractivity contribution < 1.29 is 0 Å². The summed E-state index contributed by atoms with van der Waals surface area (Å²) in [4.78, 5) is 4.90. The summed E-state index contributed by atoms with van der Waals surface area (Å²) in [6.07, 6.45) is 2.66. The molecule has 0 radical (unpaired) electrons. The minimum absolute atomic E-state index is 0.389. The first-order chi connectivity index (χ1) is 9.13. The molecule has 0 bridgehead atoms. The van der Waals surface area contributed by atoms with Crippen molar-refractivity contribution >= 4 is 5.69 Å². The number of para-hydroxylation sites is 1. The summed E-state index contributed by atoms with van der Waals surface area (Å²) in [5.74, 6) is 0. The van der Waals surface area contributed by atoms with E-state index in [1.165, 1.54) is 30.6 Å². The molecular weight excluding hydrogens is 234 g/mol. The molecule has 3 nitrogen and oxygen atoms in total. The maximum atomic E-state index is 3.34. The number of likely N-dealkylation sites (tertiary alicyclic amines) is 1. The molecule has 2 atom stereocenters. The van der Waals surface area contributed by atoms with Gasteiger partial charge >= 0.3 is 0 Å². The van der Waals surface area contributed by atoms with Crippen molar-refractivity contribution in [2.75, 3.05) is 39.1 Å². The lowest BCUT2D eigenvalue weighted by Crippen LogP contribution is -2.37. The van der Waals surface area contributed by atoms with Gasteiger partial charge < -0.3 is 15.1 Å². The third-order valence-corrected chi connectivity index (χ3v) is 4.40. The van der Waals surface area contributed by atoms with Crippen LogP contribution in [0.5, 0.6) is 0 Å². The summed E-state index contributed by atoms with van der Waals surface area (Å²) in [6.45, 7) is 4.57. The lowest BCUT2D eigenvalue weighted by atomic mass is 10.0. The van der Waals surface area contributed by atoms with Gasteiger partial charge in [0.15, 0.2) is 0 Å². The van der Waals surface area contributed by atoms with Gasteiger partial charge in [0.05, 0.1) is 0 Å². The predicted molar refractivity (Wildman–Crippen MR) is 82.8 cm³/mol. The fourth-order valence-corrected chi connectivity index (χ4v) is 2.98. The predicted octanol–water partition coefficient (Wildman–Crippen LogP) is 2.50. The van der Waals surface area contributed by atoms with Crippen LogP contribution in [0, 0.1) is 0 Å². The number of nitrogens with one attached hydrogen (secondary N) is 1. The second kappa shape index (κ2) is 6.40. The molecular formula is C16H27N3. The number of anilines is 1. The molecule has 1 aliphatic rings. The highest BCUT2D eigenvalue weighted by molar-refractivity contribution is 5.54. The average molecular weight is 261 g/mol. The van der Waals surface area contributed by atoms with Gasteiger partial charge in [-0.2, -0.15) is 0 Å². The number of benzene rings is 1. The van der Waals surface area contributed by atoms with E-state index in [1.807, 2.05) is 7.05 Å². The molecule has 1 heterocycles. The Morgan fingerprint density at radius 1 is 1.42 bits per heavy atom. The molecule has 1 N–H and O–H groups in total. The Morgan fingerprint density at radius 2 is 2.16 bits per heavy atom. The maximum Gasteiger partial charge on any atom is 0.0412 e. The van der Waals surface area contributed by atoms with E-state index in [1.54, 1.807) is 0 Å². The summed E-state index contributed by atoms with van der Waals surface area (Å²) in [6, 6.07) is 9.81. The molecule has 1 aromatic rings. The highest BCUT2D eigenvalue weighted by Crippen LogP contribution is 2.26. The van der Waals surface area contributed by atoms with Crippen LogP contribution in [0.15, 0.2) is 24.3 Å². The van der Waals surface area contributed by atoms with Crippen LogP contribution < -0.4 is 10.2 Å². The molecule has 0 spiro atoms. The van der Waals surface area contributed by atoms with Crippen LogP contribution in [0.1, 0.15) is 31.4 Å². The highest BCUT2D eigenvalue weighted by atomic mass is 15.2. The first-order valence-electron chi connectivity index (χ1n) is 7.31. The van der Waals surface area contributed by atoms with Crippen LogP contribution in [-0.4, -0.2) is 45.2 Å². The van der Waals surface area contributed by atoms with Gasteiger partial charge in [-0.1, -0.05) is 18.2 Å².